The third-order valence-corrected chi connectivity index (χ3v) is 4.04. The third kappa shape index (κ3) is 4.65. The number of ether oxygens (including phenoxy) is 1. The maximum Gasteiger partial charge on any atom is 0.342 e. The molecule has 0 saturated heterocycles. The molecule has 27 heavy (non-hydrogen) atoms. The van der Waals surface area contributed by atoms with Crippen LogP contribution in [-0.4, -0.2) is 23.6 Å². The molecular weight excluding hydrogens is 366 g/mol. The molecule has 0 atom stereocenters. The SMILES string of the molecule is O=C(COC(=O)c1ccc(Cl)cc1O)Nc1ccccc1-c1ccccc1. The Morgan fingerprint density at radius 2 is 1.67 bits per heavy atom. The molecule has 0 bridgehead atoms. The zero-order chi connectivity index (χ0) is 19.2. The fourth-order valence-corrected chi connectivity index (χ4v) is 2.70. The molecule has 0 saturated carbocycles. The van der Waals surface area contributed by atoms with Gasteiger partial charge in [-0.1, -0.05) is 60.1 Å². The summed E-state index contributed by atoms with van der Waals surface area (Å²) in [5.41, 5.74) is 2.36. The number of halogens is 1. The van der Waals surface area contributed by atoms with Crippen LogP contribution in [0.25, 0.3) is 11.1 Å². The van der Waals surface area contributed by atoms with Crippen molar-refractivity contribution in [2.75, 3.05) is 11.9 Å². The van der Waals surface area contributed by atoms with Gasteiger partial charge in [0.1, 0.15) is 11.3 Å². The first-order valence-electron chi connectivity index (χ1n) is 8.14. The average Bonchev–Trinajstić information content (AvgIpc) is 2.67. The quantitative estimate of drug-likeness (QED) is 0.637. The van der Waals surface area contributed by atoms with Gasteiger partial charge in [-0.25, -0.2) is 4.79 Å². The molecule has 3 rings (SSSR count). The number of aromatic hydroxyl groups is 1. The van der Waals surface area contributed by atoms with Gasteiger partial charge >= 0.3 is 5.97 Å². The van der Waals surface area contributed by atoms with Crippen molar-refractivity contribution in [2.45, 2.75) is 0 Å². The predicted molar refractivity (Wildman–Crippen MR) is 104 cm³/mol. The molecule has 1 amide bonds. The third-order valence-electron chi connectivity index (χ3n) is 3.80. The number of phenols is 1. The van der Waals surface area contributed by atoms with E-state index in [4.69, 9.17) is 16.3 Å². The summed E-state index contributed by atoms with van der Waals surface area (Å²) in [5.74, 6) is -1.60. The highest BCUT2D eigenvalue weighted by atomic mass is 35.5. The summed E-state index contributed by atoms with van der Waals surface area (Å²) in [4.78, 5) is 24.2. The number of hydrogen-bond acceptors (Lipinski definition) is 4. The van der Waals surface area contributed by atoms with Gasteiger partial charge in [0.2, 0.25) is 0 Å². The van der Waals surface area contributed by atoms with Crippen molar-refractivity contribution in [2.24, 2.45) is 0 Å². The Morgan fingerprint density at radius 1 is 0.963 bits per heavy atom. The molecule has 0 radical (unpaired) electrons. The minimum absolute atomic E-state index is 0.0584. The monoisotopic (exact) mass is 381 g/mol. The lowest BCUT2D eigenvalue weighted by Crippen LogP contribution is -2.21. The van der Waals surface area contributed by atoms with Crippen molar-refractivity contribution in [1.29, 1.82) is 0 Å². The van der Waals surface area contributed by atoms with Crippen LogP contribution >= 0.6 is 11.6 Å². The highest BCUT2D eigenvalue weighted by molar-refractivity contribution is 6.30. The van der Waals surface area contributed by atoms with Crippen LogP contribution in [0.3, 0.4) is 0 Å². The van der Waals surface area contributed by atoms with Crippen molar-refractivity contribution in [3.63, 3.8) is 0 Å². The normalized spacial score (nSPS) is 10.3. The van der Waals surface area contributed by atoms with Gasteiger partial charge in [-0.05, 0) is 29.8 Å². The number of benzene rings is 3. The lowest BCUT2D eigenvalue weighted by molar-refractivity contribution is -0.119. The highest BCUT2D eigenvalue weighted by Gasteiger charge is 2.15. The number of anilines is 1. The van der Waals surface area contributed by atoms with Crippen molar-refractivity contribution in [3.05, 3.63) is 83.4 Å². The fourth-order valence-electron chi connectivity index (χ4n) is 2.53. The minimum Gasteiger partial charge on any atom is -0.507 e. The maximum atomic E-state index is 12.2. The lowest BCUT2D eigenvalue weighted by Gasteiger charge is -2.12. The summed E-state index contributed by atoms with van der Waals surface area (Å²) in [6.45, 7) is -0.482. The molecule has 5 nitrogen and oxygen atoms in total. The number of hydrogen-bond donors (Lipinski definition) is 2. The lowest BCUT2D eigenvalue weighted by atomic mass is 10.0. The molecule has 3 aromatic carbocycles. The Morgan fingerprint density at radius 3 is 2.41 bits per heavy atom. The van der Waals surface area contributed by atoms with E-state index < -0.39 is 18.5 Å². The number of para-hydroxylation sites is 1. The van der Waals surface area contributed by atoms with Gasteiger partial charge in [0.25, 0.3) is 5.91 Å². The van der Waals surface area contributed by atoms with Crippen molar-refractivity contribution >= 4 is 29.2 Å². The van der Waals surface area contributed by atoms with Crippen molar-refractivity contribution in [1.82, 2.24) is 0 Å². The first-order valence-corrected chi connectivity index (χ1v) is 8.52. The van der Waals surface area contributed by atoms with Crippen LogP contribution in [0.15, 0.2) is 72.8 Å². The van der Waals surface area contributed by atoms with E-state index in [1.807, 2.05) is 42.5 Å². The molecule has 0 spiro atoms. The summed E-state index contributed by atoms with van der Waals surface area (Å²) in [5, 5.41) is 12.8. The Labute approximate surface area is 161 Å². The zero-order valence-electron chi connectivity index (χ0n) is 14.2. The second-order valence-electron chi connectivity index (χ2n) is 5.70. The Hall–Kier alpha value is -3.31. The first-order chi connectivity index (χ1) is 13.0. The molecule has 0 aliphatic carbocycles. The van der Waals surface area contributed by atoms with Crippen LogP contribution in [0.1, 0.15) is 10.4 Å². The molecule has 0 aromatic heterocycles. The highest BCUT2D eigenvalue weighted by Crippen LogP contribution is 2.27. The second-order valence-corrected chi connectivity index (χ2v) is 6.13. The van der Waals surface area contributed by atoms with Gasteiger partial charge in [0, 0.05) is 16.3 Å². The van der Waals surface area contributed by atoms with E-state index in [0.29, 0.717) is 10.7 Å². The van der Waals surface area contributed by atoms with E-state index >= 15 is 0 Å². The number of esters is 1. The predicted octanol–water partition coefficient (Wildman–Crippen LogP) is 4.51. The van der Waals surface area contributed by atoms with Gasteiger partial charge in [0.05, 0.1) is 0 Å². The molecule has 0 aliphatic rings. The average molecular weight is 382 g/mol. The standard InChI is InChI=1S/C21H16ClNO4/c22-15-10-11-17(19(24)12-15)21(26)27-13-20(25)23-18-9-5-4-8-16(18)14-6-2-1-3-7-14/h1-12,24H,13H2,(H,23,25). The maximum absolute atomic E-state index is 12.2. The fraction of sp³-hybridized carbons (Fsp3) is 0.0476. The molecule has 0 unspecified atom stereocenters. The van der Waals surface area contributed by atoms with Crippen LogP contribution in [0.4, 0.5) is 5.69 Å². The van der Waals surface area contributed by atoms with Crippen LogP contribution in [0.5, 0.6) is 5.75 Å². The Kier molecular flexibility index (Phi) is 5.74. The number of rotatable bonds is 5. The van der Waals surface area contributed by atoms with Gasteiger partial charge in [-0.2, -0.15) is 0 Å². The Bertz CT molecular complexity index is 973. The van der Waals surface area contributed by atoms with Gasteiger partial charge in [-0.3, -0.25) is 4.79 Å². The zero-order valence-corrected chi connectivity index (χ0v) is 14.9. The van der Waals surface area contributed by atoms with Crippen molar-refractivity contribution in [3.8, 4) is 16.9 Å². The number of amides is 1. The smallest absolute Gasteiger partial charge is 0.342 e. The number of phenolic OH excluding ortho intramolecular Hbond substituents is 1. The summed E-state index contributed by atoms with van der Waals surface area (Å²) < 4.78 is 4.97. The second kappa shape index (κ2) is 8.38. The molecule has 136 valence electrons. The summed E-state index contributed by atoms with van der Waals surface area (Å²) in [6, 6.07) is 21.0. The van der Waals surface area contributed by atoms with Crippen LogP contribution in [0.2, 0.25) is 5.02 Å². The van der Waals surface area contributed by atoms with E-state index in [2.05, 4.69) is 5.32 Å². The van der Waals surface area contributed by atoms with E-state index in [1.54, 1.807) is 12.1 Å². The molecule has 2 N–H and O–H groups in total. The van der Waals surface area contributed by atoms with E-state index in [9.17, 15) is 14.7 Å². The Balaban J connectivity index is 1.66. The topological polar surface area (TPSA) is 75.6 Å². The van der Waals surface area contributed by atoms with Gasteiger partial charge in [0.15, 0.2) is 6.61 Å². The molecular formula is C21H16ClNO4. The minimum atomic E-state index is -0.810. The van der Waals surface area contributed by atoms with E-state index in [-0.39, 0.29) is 11.3 Å². The van der Waals surface area contributed by atoms with E-state index in [0.717, 1.165) is 11.1 Å². The number of carbonyl (C=O) groups is 2. The van der Waals surface area contributed by atoms with Gasteiger partial charge < -0.3 is 15.2 Å². The van der Waals surface area contributed by atoms with Crippen LogP contribution in [0, 0.1) is 0 Å². The summed E-state index contributed by atoms with van der Waals surface area (Å²) in [7, 11) is 0. The first kappa shape index (κ1) is 18.5. The van der Waals surface area contributed by atoms with Crippen LogP contribution in [-0.2, 0) is 9.53 Å². The number of nitrogens with one attached hydrogen (secondary N) is 1. The molecule has 0 aliphatic heterocycles. The van der Waals surface area contributed by atoms with Crippen molar-refractivity contribution < 1.29 is 19.4 Å². The molecule has 6 heteroatoms. The summed E-state index contributed by atoms with van der Waals surface area (Å²) in [6.07, 6.45) is 0. The summed E-state index contributed by atoms with van der Waals surface area (Å²) >= 11 is 5.73. The molecule has 3 aromatic rings. The number of carbonyl (C=O) groups excluding carboxylic acids is 2. The van der Waals surface area contributed by atoms with E-state index in [1.165, 1.54) is 18.2 Å². The van der Waals surface area contributed by atoms with Gasteiger partial charge in [-0.15, -0.1) is 0 Å². The largest absolute Gasteiger partial charge is 0.507 e. The van der Waals surface area contributed by atoms with Crippen LogP contribution < -0.4 is 5.32 Å². The molecule has 0 heterocycles. The molecule has 0 fully saturated rings.